The Morgan fingerprint density at radius 1 is 1.18 bits per heavy atom. The lowest BCUT2D eigenvalue weighted by molar-refractivity contribution is 1.24. The molecule has 0 spiro atoms. The summed E-state index contributed by atoms with van der Waals surface area (Å²) in [7, 11) is 3.51. The molecule has 4 heteroatoms. The van der Waals surface area contributed by atoms with Gasteiger partial charge in [0.25, 0.3) is 0 Å². The number of aromatic nitrogens is 1. The first kappa shape index (κ1) is 7.65. The van der Waals surface area contributed by atoms with E-state index in [2.05, 4.69) is 15.6 Å². The van der Waals surface area contributed by atoms with Gasteiger partial charge in [0.1, 0.15) is 11.6 Å². The molecular formula is C7H11N3O. The predicted octanol–water partition coefficient (Wildman–Crippen LogP) is 0.458. The van der Waals surface area contributed by atoms with Crippen molar-refractivity contribution in [3.63, 3.8) is 0 Å². The van der Waals surface area contributed by atoms with E-state index in [0.717, 1.165) is 0 Å². The highest BCUT2D eigenvalue weighted by molar-refractivity contribution is 5.44. The zero-order chi connectivity index (χ0) is 8.27. The van der Waals surface area contributed by atoms with Crippen molar-refractivity contribution in [2.45, 2.75) is 0 Å². The van der Waals surface area contributed by atoms with E-state index in [-0.39, 0.29) is 5.43 Å². The minimum Gasteiger partial charge on any atom is -0.375 e. The molecule has 0 aromatic carbocycles. The summed E-state index contributed by atoms with van der Waals surface area (Å²) >= 11 is 0. The fraction of sp³-hybridized carbons (Fsp3) is 0.286. The zero-order valence-corrected chi connectivity index (χ0v) is 6.56. The minimum atomic E-state index is -0.0162. The third-order valence-corrected chi connectivity index (χ3v) is 1.38. The molecule has 1 aromatic rings. The molecule has 0 aliphatic rings. The molecule has 0 atom stereocenters. The summed E-state index contributed by atoms with van der Waals surface area (Å²) in [6.07, 6.45) is 0. The number of pyridine rings is 1. The number of rotatable bonds is 2. The van der Waals surface area contributed by atoms with Crippen molar-refractivity contribution >= 4 is 11.6 Å². The minimum absolute atomic E-state index is 0.0162. The van der Waals surface area contributed by atoms with Gasteiger partial charge in [0, 0.05) is 26.2 Å². The van der Waals surface area contributed by atoms with Gasteiger partial charge in [-0.2, -0.15) is 0 Å². The summed E-state index contributed by atoms with van der Waals surface area (Å²) < 4.78 is 0. The summed E-state index contributed by atoms with van der Waals surface area (Å²) in [4.78, 5) is 13.9. The summed E-state index contributed by atoms with van der Waals surface area (Å²) in [5.41, 5.74) is -0.0162. The maximum absolute atomic E-state index is 10.9. The first-order chi connectivity index (χ1) is 5.26. The van der Waals surface area contributed by atoms with E-state index in [9.17, 15) is 4.79 Å². The smallest absolute Gasteiger partial charge is 0.185 e. The van der Waals surface area contributed by atoms with Crippen LogP contribution in [0.4, 0.5) is 11.6 Å². The fourth-order valence-electron chi connectivity index (χ4n) is 0.813. The number of aromatic amines is 1. The first-order valence-corrected chi connectivity index (χ1v) is 3.36. The third kappa shape index (κ3) is 1.73. The Bertz CT molecular complexity index is 267. The van der Waals surface area contributed by atoms with Gasteiger partial charge >= 0.3 is 0 Å². The van der Waals surface area contributed by atoms with Crippen LogP contribution in [0.25, 0.3) is 0 Å². The van der Waals surface area contributed by atoms with Gasteiger partial charge in [0.05, 0.1) is 0 Å². The fourth-order valence-corrected chi connectivity index (χ4v) is 0.813. The van der Waals surface area contributed by atoms with Crippen molar-refractivity contribution in [1.29, 1.82) is 0 Å². The van der Waals surface area contributed by atoms with Crippen molar-refractivity contribution in [2.24, 2.45) is 0 Å². The summed E-state index contributed by atoms with van der Waals surface area (Å²) in [5.74, 6) is 1.42. The topological polar surface area (TPSA) is 56.9 Å². The van der Waals surface area contributed by atoms with Crippen LogP contribution in [0.5, 0.6) is 0 Å². The molecule has 0 aliphatic carbocycles. The van der Waals surface area contributed by atoms with E-state index in [0.29, 0.717) is 11.6 Å². The van der Waals surface area contributed by atoms with Crippen LogP contribution in [0, 0.1) is 0 Å². The molecule has 0 amide bonds. The van der Waals surface area contributed by atoms with Crippen LogP contribution in [0.15, 0.2) is 16.9 Å². The highest BCUT2D eigenvalue weighted by Gasteiger charge is 1.93. The van der Waals surface area contributed by atoms with Crippen molar-refractivity contribution in [2.75, 3.05) is 24.7 Å². The van der Waals surface area contributed by atoms with Gasteiger partial charge in [-0.25, -0.2) is 0 Å². The molecule has 1 aromatic heterocycles. The first-order valence-electron chi connectivity index (χ1n) is 3.36. The van der Waals surface area contributed by atoms with Crippen molar-refractivity contribution < 1.29 is 0 Å². The Morgan fingerprint density at radius 3 is 2.00 bits per heavy atom. The molecule has 60 valence electrons. The SMILES string of the molecule is CNc1cc(=O)cc(NC)[nH]1. The summed E-state index contributed by atoms with van der Waals surface area (Å²) in [6, 6.07) is 3.00. The van der Waals surface area contributed by atoms with E-state index in [1.54, 1.807) is 14.1 Å². The molecule has 1 rings (SSSR count). The highest BCUT2D eigenvalue weighted by Crippen LogP contribution is 2.02. The molecule has 1 heterocycles. The van der Waals surface area contributed by atoms with Gasteiger partial charge in [-0.15, -0.1) is 0 Å². The second-order valence-electron chi connectivity index (χ2n) is 2.14. The second-order valence-corrected chi connectivity index (χ2v) is 2.14. The lowest BCUT2D eigenvalue weighted by atomic mass is 10.4. The van der Waals surface area contributed by atoms with Gasteiger partial charge in [-0.05, 0) is 0 Å². The summed E-state index contributed by atoms with van der Waals surface area (Å²) in [5, 5.41) is 5.69. The Morgan fingerprint density at radius 2 is 1.64 bits per heavy atom. The van der Waals surface area contributed by atoms with E-state index in [4.69, 9.17) is 0 Å². The molecular weight excluding hydrogens is 142 g/mol. The average Bonchev–Trinajstić information content (AvgIpc) is 2.03. The van der Waals surface area contributed by atoms with Crippen LogP contribution in [0.1, 0.15) is 0 Å². The van der Waals surface area contributed by atoms with Gasteiger partial charge in [0.2, 0.25) is 0 Å². The quantitative estimate of drug-likeness (QED) is 0.578. The predicted molar refractivity (Wildman–Crippen MR) is 46.2 cm³/mol. The number of anilines is 2. The number of hydrogen-bond acceptors (Lipinski definition) is 3. The molecule has 0 fully saturated rings. The molecule has 0 bridgehead atoms. The lowest BCUT2D eigenvalue weighted by Crippen LogP contribution is -2.05. The molecule has 0 radical (unpaired) electrons. The Labute approximate surface area is 64.6 Å². The van der Waals surface area contributed by atoms with Crippen LogP contribution in [-0.2, 0) is 0 Å². The van der Waals surface area contributed by atoms with E-state index >= 15 is 0 Å². The molecule has 3 N–H and O–H groups in total. The average molecular weight is 153 g/mol. The van der Waals surface area contributed by atoms with E-state index in [1.165, 1.54) is 12.1 Å². The van der Waals surface area contributed by atoms with Gasteiger partial charge < -0.3 is 15.6 Å². The Balaban J connectivity index is 3.12. The summed E-state index contributed by atoms with van der Waals surface area (Å²) in [6.45, 7) is 0. The second kappa shape index (κ2) is 3.09. The van der Waals surface area contributed by atoms with Gasteiger partial charge in [0.15, 0.2) is 5.43 Å². The van der Waals surface area contributed by atoms with Gasteiger partial charge in [-0.1, -0.05) is 0 Å². The van der Waals surface area contributed by atoms with Crippen molar-refractivity contribution in [3.8, 4) is 0 Å². The molecule has 0 saturated heterocycles. The maximum atomic E-state index is 10.9. The van der Waals surface area contributed by atoms with Crippen LogP contribution in [0.2, 0.25) is 0 Å². The molecule has 0 aliphatic heterocycles. The normalized spacial score (nSPS) is 9.27. The Kier molecular flexibility index (Phi) is 2.15. The van der Waals surface area contributed by atoms with E-state index < -0.39 is 0 Å². The van der Waals surface area contributed by atoms with Crippen LogP contribution < -0.4 is 16.1 Å². The van der Waals surface area contributed by atoms with Crippen LogP contribution >= 0.6 is 0 Å². The third-order valence-electron chi connectivity index (χ3n) is 1.38. The lowest BCUT2D eigenvalue weighted by Gasteiger charge is -2.03. The monoisotopic (exact) mass is 153 g/mol. The molecule has 0 saturated carbocycles. The maximum Gasteiger partial charge on any atom is 0.185 e. The number of H-pyrrole nitrogens is 1. The van der Waals surface area contributed by atoms with Crippen molar-refractivity contribution in [1.82, 2.24) is 4.98 Å². The van der Waals surface area contributed by atoms with E-state index in [1.807, 2.05) is 0 Å². The largest absolute Gasteiger partial charge is 0.375 e. The molecule has 4 nitrogen and oxygen atoms in total. The standard InChI is InChI=1S/C7H11N3O/c1-8-6-3-5(11)4-7(9-2)10-6/h3-4H,1-2H3,(H3,8,9,10,11). The highest BCUT2D eigenvalue weighted by atomic mass is 16.1. The molecule has 0 unspecified atom stereocenters. The Hall–Kier alpha value is -1.45. The molecule has 11 heavy (non-hydrogen) atoms. The van der Waals surface area contributed by atoms with Crippen LogP contribution in [0.3, 0.4) is 0 Å². The van der Waals surface area contributed by atoms with Gasteiger partial charge in [-0.3, -0.25) is 4.79 Å². The zero-order valence-electron chi connectivity index (χ0n) is 6.56. The number of hydrogen-bond donors (Lipinski definition) is 3. The van der Waals surface area contributed by atoms with Crippen molar-refractivity contribution in [3.05, 3.63) is 22.4 Å². The number of nitrogens with one attached hydrogen (secondary N) is 3. The van der Waals surface area contributed by atoms with Crippen LogP contribution in [-0.4, -0.2) is 19.1 Å².